The van der Waals surface area contributed by atoms with Crippen molar-refractivity contribution in [2.24, 2.45) is 0 Å². The number of aliphatic hydroxyl groups is 1. The number of hydrogen-bond donors (Lipinski definition) is 2. The predicted molar refractivity (Wildman–Crippen MR) is 302 cm³/mol. The number of phosphoric acid groups is 1. The van der Waals surface area contributed by atoms with E-state index in [1.54, 1.807) is 0 Å². The Kier molecular flexibility index (Phi) is 52.5. The molecule has 0 heterocycles. The number of unbranched alkanes of at least 4 members (excludes halogenated alkanes) is 43. The van der Waals surface area contributed by atoms with Crippen LogP contribution in [0.5, 0.6) is 0 Å². The molecule has 2 N–H and O–H groups in total. The highest BCUT2D eigenvalue weighted by molar-refractivity contribution is 7.45. The molecule has 0 aliphatic carbocycles. The van der Waals surface area contributed by atoms with Crippen LogP contribution in [0.4, 0.5) is 0 Å². The van der Waals surface area contributed by atoms with Crippen LogP contribution in [0.3, 0.4) is 0 Å². The maximum absolute atomic E-state index is 13.0. The number of likely N-dealkylation sites (N-methyl/N-ethyl adjacent to an activating group) is 1. The summed E-state index contributed by atoms with van der Waals surface area (Å²) in [6.07, 6.45) is 65.4. The first-order chi connectivity index (χ1) is 34.0. The second kappa shape index (κ2) is 53.1. The van der Waals surface area contributed by atoms with Gasteiger partial charge in [0.25, 0.3) is 7.82 Å². The maximum atomic E-state index is 13.0. The molecule has 0 saturated carbocycles. The Morgan fingerprint density at radius 3 is 1.11 bits per heavy atom. The lowest BCUT2D eigenvalue weighted by Gasteiger charge is -2.30. The summed E-state index contributed by atoms with van der Waals surface area (Å²) in [6.45, 7) is 4.78. The van der Waals surface area contributed by atoms with Gasteiger partial charge in [-0.2, -0.15) is 0 Å². The van der Waals surface area contributed by atoms with Gasteiger partial charge >= 0.3 is 0 Å². The standard InChI is InChI=1S/C61H123N2O6P/c1-6-8-10-12-14-16-18-20-22-24-26-28-29-30-31-32-33-35-37-39-41-43-45-47-49-51-53-55-61(65)62-59(58-69-70(66,67)68-57-56-63(3,4)5)60(64)54-52-50-48-46-44-42-40-38-36-34-27-25-23-21-19-17-15-13-11-9-7-2/h24,26,59-60,64H,6-23,25,27-58H2,1-5H3,(H-,62,65,66,67)/b26-24-. The topological polar surface area (TPSA) is 108 Å². The van der Waals surface area contributed by atoms with E-state index in [4.69, 9.17) is 9.05 Å². The minimum atomic E-state index is -4.57. The lowest BCUT2D eigenvalue weighted by Crippen LogP contribution is -2.46. The number of allylic oxidation sites excluding steroid dienone is 2. The van der Waals surface area contributed by atoms with Crippen molar-refractivity contribution in [2.75, 3.05) is 40.9 Å². The fraction of sp³-hybridized carbons (Fsp3) is 0.951. The van der Waals surface area contributed by atoms with Crippen LogP contribution >= 0.6 is 7.82 Å². The lowest BCUT2D eigenvalue weighted by molar-refractivity contribution is -0.870. The van der Waals surface area contributed by atoms with Crippen molar-refractivity contribution in [1.29, 1.82) is 0 Å². The van der Waals surface area contributed by atoms with Gasteiger partial charge in [-0.3, -0.25) is 9.36 Å². The molecule has 70 heavy (non-hydrogen) atoms. The van der Waals surface area contributed by atoms with Gasteiger partial charge in [-0.25, -0.2) is 0 Å². The average Bonchev–Trinajstić information content (AvgIpc) is 3.32. The van der Waals surface area contributed by atoms with E-state index in [0.29, 0.717) is 23.9 Å². The van der Waals surface area contributed by atoms with E-state index < -0.39 is 20.0 Å². The Hall–Kier alpha value is -0.760. The Morgan fingerprint density at radius 2 is 0.786 bits per heavy atom. The summed E-state index contributed by atoms with van der Waals surface area (Å²) >= 11 is 0. The first kappa shape index (κ1) is 69.2. The normalized spacial score (nSPS) is 13.9. The van der Waals surface area contributed by atoms with Gasteiger partial charge in [0.1, 0.15) is 13.2 Å². The van der Waals surface area contributed by atoms with Crippen molar-refractivity contribution in [3.8, 4) is 0 Å². The molecule has 1 amide bonds. The molecule has 9 heteroatoms. The largest absolute Gasteiger partial charge is 0.756 e. The third-order valence-corrected chi connectivity index (χ3v) is 15.5. The molecule has 0 aromatic rings. The predicted octanol–water partition coefficient (Wildman–Crippen LogP) is 18.4. The van der Waals surface area contributed by atoms with Gasteiger partial charge in [-0.05, 0) is 38.5 Å². The molecule has 0 aromatic carbocycles. The van der Waals surface area contributed by atoms with E-state index in [9.17, 15) is 19.4 Å². The van der Waals surface area contributed by atoms with Crippen LogP contribution in [0.15, 0.2) is 12.2 Å². The summed E-state index contributed by atoms with van der Waals surface area (Å²) in [6, 6.07) is -0.798. The van der Waals surface area contributed by atoms with E-state index in [1.165, 1.54) is 257 Å². The van der Waals surface area contributed by atoms with E-state index in [-0.39, 0.29) is 19.1 Å². The molecule has 0 saturated heterocycles. The van der Waals surface area contributed by atoms with Crippen LogP contribution in [0.1, 0.15) is 322 Å². The van der Waals surface area contributed by atoms with E-state index in [0.717, 1.165) is 38.5 Å². The molecule has 0 aliphatic rings. The Balaban J connectivity index is 4.08. The number of nitrogens with one attached hydrogen (secondary N) is 1. The van der Waals surface area contributed by atoms with Gasteiger partial charge < -0.3 is 28.8 Å². The Bertz CT molecular complexity index is 1150. The Morgan fingerprint density at radius 1 is 0.486 bits per heavy atom. The van der Waals surface area contributed by atoms with E-state index >= 15 is 0 Å². The molecule has 0 spiro atoms. The maximum Gasteiger partial charge on any atom is 0.268 e. The van der Waals surface area contributed by atoms with Crippen LogP contribution in [0.2, 0.25) is 0 Å². The fourth-order valence-electron chi connectivity index (χ4n) is 9.63. The molecule has 0 rings (SSSR count). The van der Waals surface area contributed by atoms with E-state index in [1.807, 2.05) is 21.1 Å². The number of carbonyl (C=O) groups excluding carboxylic acids is 1. The monoisotopic (exact) mass is 1010 g/mol. The van der Waals surface area contributed by atoms with E-state index in [2.05, 4.69) is 31.3 Å². The summed E-state index contributed by atoms with van der Waals surface area (Å²) in [7, 11) is 1.32. The minimum absolute atomic E-state index is 0.0154. The zero-order valence-corrected chi connectivity index (χ0v) is 48.6. The van der Waals surface area contributed by atoms with Gasteiger partial charge in [-0.1, -0.05) is 289 Å². The lowest BCUT2D eigenvalue weighted by atomic mass is 10.0. The number of amides is 1. The van der Waals surface area contributed by atoms with Crippen LogP contribution in [-0.4, -0.2) is 68.5 Å². The van der Waals surface area contributed by atoms with Crippen molar-refractivity contribution >= 4 is 13.7 Å². The first-order valence-electron chi connectivity index (χ1n) is 31.0. The second-order valence-corrected chi connectivity index (χ2v) is 24.2. The number of rotatable bonds is 58. The Labute approximate surface area is 437 Å². The van der Waals surface area contributed by atoms with Crippen LogP contribution in [0, 0.1) is 0 Å². The van der Waals surface area contributed by atoms with Crippen molar-refractivity contribution in [3.05, 3.63) is 12.2 Å². The zero-order valence-electron chi connectivity index (χ0n) is 47.8. The summed E-state index contributed by atoms with van der Waals surface area (Å²) in [5.41, 5.74) is 0. The summed E-state index contributed by atoms with van der Waals surface area (Å²) < 4.78 is 23.5. The average molecular weight is 1010 g/mol. The summed E-state index contributed by atoms with van der Waals surface area (Å²) in [5, 5.41) is 14.1. The highest BCUT2D eigenvalue weighted by Crippen LogP contribution is 2.38. The highest BCUT2D eigenvalue weighted by atomic mass is 31.2. The molecule has 3 unspecified atom stereocenters. The molecule has 0 bridgehead atoms. The van der Waals surface area contributed by atoms with Gasteiger partial charge in [0.2, 0.25) is 5.91 Å². The third kappa shape index (κ3) is 55.0. The third-order valence-electron chi connectivity index (χ3n) is 14.5. The molecular weight excluding hydrogens is 888 g/mol. The van der Waals surface area contributed by atoms with Gasteiger partial charge in [0.15, 0.2) is 0 Å². The van der Waals surface area contributed by atoms with Gasteiger partial charge in [0.05, 0.1) is 39.9 Å². The van der Waals surface area contributed by atoms with Gasteiger partial charge in [0, 0.05) is 6.42 Å². The first-order valence-corrected chi connectivity index (χ1v) is 32.5. The van der Waals surface area contributed by atoms with Crippen LogP contribution < -0.4 is 10.2 Å². The number of phosphoric ester groups is 1. The van der Waals surface area contributed by atoms with Crippen LogP contribution in [0.25, 0.3) is 0 Å². The number of hydrogen-bond acceptors (Lipinski definition) is 6. The van der Waals surface area contributed by atoms with Crippen molar-refractivity contribution in [2.45, 2.75) is 334 Å². The smallest absolute Gasteiger partial charge is 0.268 e. The second-order valence-electron chi connectivity index (χ2n) is 22.8. The zero-order chi connectivity index (χ0) is 51.3. The molecule has 0 radical (unpaired) electrons. The molecule has 0 aromatic heterocycles. The molecule has 0 fully saturated rings. The minimum Gasteiger partial charge on any atom is -0.756 e. The SMILES string of the molecule is CCCCCCCCCC/C=C\CCCCCCCCCCCCCCCCCC(=O)NC(COP(=O)([O-])OCC[N+](C)(C)C)C(O)CCCCCCCCCCCCCCCCCCCCCCC. The quantitative estimate of drug-likeness (QED) is 0.0272. The molecule has 0 aliphatic heterocycles. The molecular formula is C61H123N2O6P. The van der Waals surface area contributed by atoms with Crippen LogP contribution in [-0.2, 0) is 18.4 Å². The summed E-state index contributed by atoms with van der Waals surface area (Å²) in [4.78, 5) is 25.6. The number of carbonyl (C=O) groups is 1. The van der Waals surface area contributed by atoms with Crippen molar-refractivity contribution in [3.63, 3.8) is 0 Å². The number of nitrogens with zero attached hydrogens (tertiary/aromatic N) is 1. The molecule has 3 atom stereocenters. The summed E-state index contributed by atoms with van der Waals surface area (Å²) in [5.74, 6) is -0.158. The van der Waals surface area contributed by atoms with Gasteiger partial charge in [-0.15, -0.1) is 0 Å². The highest BCUT2D eigenvalue weighted by Gasteiger charge is 2.24. The molecule has 8 nitrogen and oxygen atoms in total. The molecule has 418 valence electrons. The van der Waals surface area contributed by atoms with Crippen molar-refractivity contribution < 1.29 is 32.9 Å². The van der Waals surface area contributed by atoms with Crippen molar-refractivity contribution in [1.82, 2.24) is 5.32 Å². The number of aliphatic hydroxyl groups excluding tert-OH is 1. The fourth-order valence-corrected chi connectivity index (χ4v) is 10.4. The number of quaternary nitrogens is 1.